The van der Waals surface area contributed by atoms with Crippen LogP contribution < -0.4 is 5.48 Å². The van der Waals surface area contributed by atoms with Crippen molar-refractivity contribution in [3.63, 3.8) is 0 Å². The minimum absolute atomic E-state index is 0.0115. The minimum atomic E-state index is -1.20. The first kappa shape index (κ1) is 16.1. The van der Waals surface area contributed by atoms with Gasteiger partial charge in [0.25, 0.3) is 0 Å². The average molecular weight is 263 g/mol. The van der Waals surface area contributed by atoms with Gasteiger partial charge in [-0.25, -0.2) is 0 Å². The standard InChI is InChI=1S/C10H21NO5Si/c1-17(2,3)7-6-16-11-8(10(14)15)4-5-9(12)13/h8,11H,4-7H2,1-3H3,(H,12,13)(H,14,15)/t8-/m0/s1. The van der Waals surface area contributed by atoms with Crippen LogP contribution in [0.4, 0.5) is 0 Å². The van der Waals surface area contributed by atoms with Gasteiger partial charge in [-0.2, -0.15) is 5.48 Å². The summed E-state index contributed by atoms with van der Waals surface area (Å²) in [7, 11) is -1.20. The minimum Gasteiger partial charge on any atom is -0.481 e. The van der Waals surface area contributed by atoms with Crippen molar-refractivity contribution in [2.45, 2.75) is 44.6 Å². The Bertz CT molecular complexity index is 264. The van der Waals surface area contributed by atoms with Crippen molar-refractivity contribution < 1.29 is 24.6 Å². The van der Waals surface area contributed by atoms with Crippen molar-refractivity contribution in [1.29, 1.82) is 0 Å². The normalized spacial score (nSPS) is 13.4. The molecule has 0 unspecified atom stereocenters. The first-order valence-electron chi connectivity index (χ1n) is 5.54. The van der Waals surface area contributed by atoms with E-state index in [-0.39, 0.29) is 12.8 Å². The lowest BCUT2D eigenvalue weighted by Crippen LogP contribution is -2.38. The van der Waals surface area contributed by atoms with Crippen molar-refractivity contribution in [3.05, 3.63) is 0 Å². The third-order valence-electron chi connectivity index (χ3n) is 2.12. The predicted molar refractivity (Wildman–Crippen MR) is 65.5 cm³/mol. The van der Waals surface area contributed by atoms with Crippen molar-refractivity contribution in [2.24, 2.45) is 0 Å². The lowest BCUT2D eigenvalue weighted by molar-refractivity contribution is -0.145. The van der Waals surface area contributed by atoms with Gasteiger partial charge in [-0.1, -0.05) is 19.6 Å². The molecule has 0 heterocycles. The van der Waals surface area contributed by atoms with E-state index in [1.165, 1.54) is 0 Å². The summed E-state index contributed by atoms with van der Waals surface area (Å²) in [5, 5.41) is 17.3. The Labute approximate surface area is 102 Å². The van der Waals surface area contributed by atoms with E-state index in [9.17, 15) is 9.59 Å². The van der Waals surface area contributed by atoms with Gasteiger partial charge in [0.15, 0.2) is 0 Å². The van der Waals surface area contributed by atoms with Crippen LogP contribution in [-0.4, -0.2) is 42.9 Å². The number of carbonyl (C=O) groups is 2. The molecular weight excluding hydrogens is 242 g/mol. The van der Waals surface area contributed by atoms with Crippen molar-refractivity contribution in [2.75, 3.05) is 6.61 Å². The van der Waals surface area contributed by atoms with E-state index in [0.29, 0.717) is 6.61 Å². The maximum absolute atomic E-state index is 10.8. The summed E-state index contributed by atoms with van der Waals surface area (Å²) in [6, 6.07) is -0.0432. The van der Waals surface area contributed by atoms with Crippen LogP contribution in [0.3, 0.4) is 0 Å². The van der Waals surface area contributed by atoms with Crippen LogP contribution in [0.5, 0.6) is 0 Å². The van der Waals surface area contributed by atoms with E-state index in [0.717, 1.165) is 6.04 Å². The second kappa shape index (κ2) is 7.41. The van der Waals surface area contributed by atoms with Crippen LogP contribution >= 0.6 is 0 Å². The molecule has 0 saturated carbocycles. The molecule has 17 heavy (non-hydrogen) atoms. The Morgan fingerprint density at radius 3 is 2.29 bits per heavy atom. The molecule has 0 radical (unpaired) electrons. The summed E-state index contributed by atoms with van der Waals surface area (Å²) in [5.74, 6) is -2.11. The number of carboxylic acids is 2. The fourth-order valence-corrected chi connectivity index (χ4v) is 1.73. The number of hydrogen-bond acceptors (Lipinski definition) is 4. The molecule has 0 spiro atoms. The topological polar surface area (TPSA) is 95.9 Å². The molecule has 0 aliphatic carbocycles. The number of aliphatic carboxylic acids is 2. The summed E-state index contributed by atoms with van der Waals surface area (Å²) in [6.45, 7) is 7.02. The molecule has 3 N–H and O–H groups in total. The van der Waals surface area contributed by atoms with Gasteiger partial charge in [0.1, 0.15) is 6.04 Å². The van der Waals surface area contributed by atoms with Crippen LogP contribution in [0.1, 0.15) is 12.8 Å². The van der Waals surface area contributed by atoms with Gasteiger partial charge >= 0.3 is 11.9 Å². The van der Waals surface area contributed by atoms with Gasteiger partial charge in [-0.3, -0.25) is 9.59 Å². The number of rotatable bonds is 9. The fraction of sp³-hybridized carbons (Fsp3) is 0.800. The quantitative estimate of drug-likeness (QED) is 0.328. The zero-order valence-corrected chi connectivity index (χ0v) is 11.5. The monoisotopic (exact) mass is 263 g/mol. The molecule has 0 rings (SSSR count). The smallest absolute Gasteiger partial charge is 0.323 e. The first-order valence-corrected chi connectivity index (χ1v) is 9.25. The number of hydroxylamine groups is 1. The summed E-state index contributed by atoms with van der Waals surface area (Å²) >= 11 is 0. The highest BCUT2D eigenvalue weighted by molar-refractivity contribution is 6.76. The van der Waals surface area contributed by atoms with E-state index >= 15 is 0 Å². The van der Waals surface area contributed by atoms with Crippen LogP contribution in [0.15, 0.2) is 0 Å². The van der Waals surface area contributed by atoms with E-state index in [1.807, 2.05) is 0 Å². The zero-order chi connectivity index (χ0) is 13.5. The summed E-state index contributed by atoms with van der Waals surface area (Å²) in [4.78, 5) is 26.2. The Kier molecular flexibility index (Phi) is 7.01. The Morgan fingerprint density at radius 1 is 1.29 bits per heavy atom. The summed E-state index contributed by atoms with van der Waals surface area (Å²) in [6.07, 6.45) is -0.182. The highest BCUT2D eigenvalue weighted by Gasteiger charge is 2.19. The largest absolute Gasteiger partial charge is 0.481 e. The highest BCUT2D eigenvalue weighted by Crippen LogP contribution is 2.07. The first-order chi connectivity index (χ1) is 7.72. The molecule has 100 valence electrons. The third-order valence-corrected chi connectivity index (χ3v) is 3.83. The van der Waals surface area contributed by atoms with Crippen molar-refractivity contribution in [1.82, 2.24) is 5.48 Å². The van der Waals surface area contributed by atoms with Crippen LogP contribution in [0, 0.1) is 0 Å². The molecule has 0 amide bonds. The predicted octanol–water partition coefficient (Wildman–Crippen LogP) is 1.16. The van der Waals surface area contributed by atoms with Crippen LogP contribution in [-0.2, 0) is 14.4 Å². The number of nitrogens with one attached hydrogen (secondary N) is 1. The van der Waals surface area contributed by atoms with Crippen LogP contribution in [0.2, 0.25) is 25.7 Å². The SMILES string of the molecule is C[Si](C)(C)CCON[C@@H](CCC(=O)O)C(=O)O. The second-order valence-corrected chi connectivity index (χ2v) is 10.7. The zero-order valence-electron chi connectivity index (χ0n) is 10.5. The fourth-order valence-electron chi connectivity index (χ4n) is 1.02. The molecule has 0 bridgehead atoms. The van der Waals surface area contributed by atoms with E-state index in [4.69, 9.17) is 15.1 Å². The van der Waals surface area contributed by atoms with E-state index in [1.54, 1.807) is 0 Å². The van der Waals surface area contributed by atoms with Crippen molar-refractivity contribution in [3.8, 4) is 0 Å². The maximum atomic E-state index is 10.8. The summed E-state index contributed by atoms with van der Waals surface area (Å²) in [5.41, 5.74) is 2.41. The van der Waals surface area contributed by atoms with E-state index < -0.39 is 26.1 Å². The van der Waals surface area contributed by atoms with Gasteiger partial charge in [0.2, 0.25) is 0 Å². The van der Waals surface area contributed by atoms with Gasteiger partial charge in [-0.05, 0) is 12.5 Å². The molecule has 0 aromatic rings. The van der Waals surface area contributed by atoms with E-state index in [2.05, 4.69) is 25.1 Å². The molecular formula is C10H21NO5Si. The molecule has 0 aromatic carbocycles. The lowest BCUT2D eigenvalue weighted by atomic mass is 10.2. The number of carboxylic acid groups (broad SMARTS) is 2. The Morgan fingerprint density at radius 2 is 1.88 bits per heavy atom. The molecule has 7 heteroatoms. The third kappa shape index (κ3) is 9.98. The molecule has 0 fully saturated rings. The van der Waals surface area contributed by atoms with Crippen LogP contribution in [0.25, 0.3) is 0 Å². The second-order valence-electron chi connectivity index (χ2n) is 5.10. The molecule has 0 aromatic heterocycles. The Hall–Kier alpha value is -0.923. The summed E-state index contributed by atoms with van der Waals surface area (Å²) < 4.78 is 0. The molecule has 0 aliphatic heterocycles. The number of hydrogen-bond donors (Lipinski definition) is 3. The molecule has 1 atom stereocenters. The Balaban J connectivity index is 3.86. The molecule has 0 aliphatic rings. The molecule has 6 nitrogen and oxygen atoms in total. The van der Waals surface area contributed by atoms with Gasteiger partial charge < -0.3 is 15.1 Å². The molecule has 0 saturated heterocycles. The maximum Gasteiger partial charge on any atom is 0.323 e. The highest BCUT2D eigenvalue weighted by atomic mass is 28.3. The van der Waals surface area contributed by atoms with Gasteiger partial charge in [-0.15, -0.1) is 0 Å². The van der Waals surface area contributed by atoms with Gasteiger partial charge in [0, 0.05) is 14.5 Å². The van der Waals surface area contributed by atoms with Gasteiger partial charge in [0.05, 0.1) is 6.61 Å². The lowest BCUT2D eigenvalue weighted by Gasteiger charge is -2.17. The van der Waals surface area contributed by atoms with Crippen molar-refractivity contribution >= 4 is 20.0 Å². The average Bonchev–Trinajstić information content (AvgIpc) is 2.13.